The summed E-state index contributed by atoms with van der Waals surface area (Å²) in [5.41, 5.74) is 7.45. The highest BCUT2D eigenvalue weighted by atomic mass is 16.6. The average Bonchev–Trinajstić information content (AvgIpc) is 3.25. The monoisotopic (exact) mass is 284 g/mol. The van der Waals surface area contributed by atoms with E-state index in [0.717, 1.165) is 24.0 Å². The summed E-state index contributed by atoms with van der Waals surface area (Å²) in [7, 11) is 0. The first-order chi connectivity index (χ1) is 10.1. The summed E-state index contributed by atoms with van der Waals surface area (Å²) in [4.78, 5) is 10.8. The summed E-state index contributed by atoms with van der Waals surface area (Å²) in [5, 5.41) is 11.2. The van der Waals surface area contributed by atoms with Gasteiger partial charge < -0.3 is 10.5 Å². The molecule has 0 aromatic heterocycles. The standard InChI is InChI=1S/C16H16N2O3/c17-16(8-9-16)13-6-7-15(14(10-13)18(19)20)21-11-12-4-2-1-3-5-12/h1-7,10H,8-9,11,17H2. The van der Waals surface area contributed by atoms with E-state index in [2.05, 4.69) is 0 Å². The molecule has 2 N–H and O–H groups in total. The second kappa shape index (κ2) is 5.18. The Kier molecular flexibility index (Phi) is 3.35. The summed E-state index contributed by atoms with van der Waals surface area (Å²) >= 11 is 0. The van der Waals surface area contributed by atoms with E-state index in [4.69, 9.17) is 10.5 Å². The van der Waals surface area contributed by atoms with E-state index in [-0.39, 0.29) is 17.0 Å². The molecule has 2 aromatic rings. The van der Waals surface area contributed by atoms with Gasteiger partial charge in [-0.3, -0.25) is 10.1 Å². The number of nitrogens with two attached hydrogens (primary N) is 1. The molecule has 0 radical (unpaired) electrons. The SMILES string of the molecule is NC1(c2ccc(OCc3ccccc3)c([N+](=O)[O-])c2)CC1. The Morgan fingerprint density at radius 2 is 1.90 bits per heavy atom. The molecule has 1 fully saturated rings. The van der Waals surface area contributed by atoms with Gasteiger partial charge in [0.05, 0.1) is 4.92 Å². The highest BCUT2D eigenvalue weighted by molar-refractivity contribution is 5.51. The second-order valence-electron chi connectivity index (χ2n) is 5.37. The van der Waals surface area contributed by atoms with Crippen LogP contribution in [0.4, 0.5) is 5.69 Å². The Morgan fingerprint density at radius 1 is 1.19 bits per heavy atom. The second-order valence-corrected chi connectivity index (χ2v) is 5.37. The van der Waals surface area contributed by atoms with Crippen LogP contribution >= 0.6 is 0 Å². The molecule has 5 nitrogen and oxygen atoms in total. The lowest BCUT2D eigenvalue weighted by molar-refractivity contribution is -0.386. The largest absolute Gasteiger partial charge is 0.482 e. The zero-order valence-electron chi connectivity index (χ0n) is 11.5. The average molecular weight is 284 g/mol. The molecule has 0 heterocycles. The van der Waals surface area contributed by atoms with Gasteiger partial charge in [-0.1, -0.05) is 36.4 Å². The molecule has 0 atom stereocenters. The molecule has 21 heavy (non-hydrogen) atoms. The predicted molar refractivity (Wildman–Crippen MR) is 79.0 cm³/mol. The minimum absolute atomic E-state index is 0.0276. The first-order valence-electron chi connectivity index (χ1n) is 6.83. The molecule has 0 spiro atoms. The molecule has 1 saturated carbocycles. The fourth-order valence-electron chi connectivity index (χ4n) is 2.25. The molecule has 2 aromatic carbocycles. The van der Waals surface area contributed by atoms with Crippen molar-refractivity contribution in [2.24, 2.45) is 5.73 Å². The van der Waals surface area contributed by atoms with Gasteiger partial charge in [-0.2, -0.15) is 0 Å². The fourth-order valence-corrected chi connectivity index (χ4v) is 2.25. The molecule has 0 amide bonds. The van der Waals surface area contributed by atoms with E-state index >= 15 is 0 Å². The van der Waals surface area contributed by atoms with Gasteiger partial charge in [-0.25, -0.2) is 0 Å². The van der Waals surface area contributed by atoms with Gasteiger partial charge in [-0.15, -0.1) is 0 Å². The van der Waals surface area contributed by atoms with E-state index in [1.807, 2.05) is 36.4 Å². The van der Waals surface area contributed by atoms with Crippen LogP contribution in [0.25, 0.3) is 0 Å². The van der Waals surface area contributed by atoms with Crippen molar-refractivity contribution in [3.63, 3.8) is 0 Å². The molecule has 1 aliphatic carbocycles. The van der Waals surface area contributed by atoms with E-state index in [0.29, 0.717) is 6.61 Å². The Bertz CT molecular complexity index is 666. The van der Waals surface area contributed by atoms with Crippen LogP contribution in [0.3, 0.4) is 0 Å². The van der Waals surface area contributed by atoms with Crippen molar-refractivity contribution in [1.29, 1.82) is 0 Å². The third-order valence-corrected chi connectivity index (χ3v) is 3.76. The number of hydrogen-bond acceptors (Lipinski definition) is 4. The van der Waals surface area contributed by atoms with Gasteiger partial charge in [0.15, 0.2) is 5.75 Å². The van der Waals surface area contributed by atoms with E-state index in [1.165, 1.54) is 6.07 Å². The molecule has 0 saturated heterocycles. The highest BCUT2D eigenvalue weighted by Crippen LogP contribution is 2.44. The zero-order chi connectivity index (χ0) is 14.9. The van der Waals surface area contributed by atoms with E-state index in [1.54, 1.807) is 6.07 Å². The smallest absolute Gasteiger partial charge is 0.311 e. The van der Waals surface area contributed by atoms with Gasteiger partial charge in [0.2, 0.25) is 0 Å². The number of ether oxygens (including phenoxy) is 1. The van der Waals surface area contributed by atoms with Crippen molar-refractivity contribution in [3.05, 3.63) is 69.8 Å². The first-order valence-corrected chi connectivity index (χ1v) is 6.83. The highest BCUT2D eigenvalue weighted by Gasteiger charge is 2.41. The van der Waals surface area contributed by atoms with Crippen LogP contribution in [0, 0.1) is 10.1 Å². The van der Waals surface area contributed by atoms with Crippen LogP contribution in [0.5, 0.6) is 5.75 Å². The Hall–Kier alpha value is -2.40. The summed E-state index contributed by atoms with van der Waals surface area (Å²) in [6, 6.07) is 14.6. The van der Waals surface area contributed by atoms with Crippen LogP contribution in [0.2, 0.25) is 0 Å². The first kappa shape index (κ1) is 13.6. The number of hydrogen-bond donors (Lipinski definition) is 1. The Morgan fingerprint density at radius 3 is 2.52 bits per heavy atom. The number of nitro groups is 1. The molecule has 0 unspecified atom stereocenters. The zero-order valence-corrected chi connectivity index (χ0v) is 11.5. The van der Waals surface area contributed by atoms with Crippen molar-refractivity contribution in [2.75, 3.05) is 0 Å². The molecule has 0 bridgehead atoms. The Balaban J connectivity index is 1.82. The molecule has 3 rings (SSSR count). The minimum Gasteiger partial charge on any atom is -0.482 e. The molecule has 5 heteroatoms. The predicted octanol–water partition coefficient (Wildman–Crippen LogP) is 3.12. The van der Waals surface area contributed by atoms with Crippen LogP contribution < -0.4 is 10.5 Å². The molecule has 108 valence electrons. The summed E-state index contributed by atoms with van der Waals surface area (Å²) < 4.78 is 5.59. The maximum atomic E-state index is 11.2. The molecule has 0 aliphatic heterocycles. The molecular formula is C16H16N2O3. The number of rotatable bonds is 5. The molecule has 1 aliphatic rings. The van der Waals surface area contributed by atoms with Crippen LogP contribution in [-0.4, -0.2) is 4.92 Å². The number of nitrogens with zero attached hydrogens (tertiary/aromatic N) is 1. The van der Waals surface area contributed by atoms with Crippen molar-refractivity contribution in [2.45, 2.75) is 25.0 Å². The van der Waals surface area contributed by atoms with Crippen LogP contribution in [0.1, 0.15) is 24.0 Å². The Labute approximate surface area is 122 Å². The maximum absolute atomic E-state index is 11.2. The van der Waals surface area contributed by atoms with Crippen LogP contribution in [0.15, 0.2) is 48.5 Å². The quantitative estimate of drug-likeness (QED) is 0.676. The maximum Gasteiger partial charge on any atom is 0.311 e. The number of nitro benzene ring substituents is 1. The lowest BCUT2D eigenvalue weighted by atomic mass is 10.0. The number of benzene rings is 2. The lowest BCUT2D eigenvalue weighted by Crippen LogP contribution is -2.18. The summed E-state index contributed by atoms with van der Waals surface area (Å²) in [6.07, 6.45) is 1.74. The van der Waals surface area contributed by atoms with Gasteiger partial charge >= 0.3 is 5.69 Å². The van der Waals surface area contributed by atoms with E-state index in [9.17, 15) is 10.1 Å². The summed E-state index contributed by atoms with van der Waals surface area (Å²) in [6.45, 7) is 0.300. The van der Waals surface area contributed by atoms with Gasteiger partial charge in [0, 0.05) is 11.6 Å². The van der Waals surface area contributed by atoms with Gasteiger partial charge in [-0.05, 0) is 30.0 Å². The van der Waals surface area contributed by atoms with Crippen molar-refractivity contribution in [1.82, 2.24) is 0 Å². The van der Waals surface area contributed by atoms with Crippen molar-refractivity contribution < 1.29 is 9.66 Å². The van der Waals surface area contributed by atoms with Crippen LogP contribution in [-0.2, 0) is 12.1 Å². The van der Waals surface area contributed by atoms with Crippen molar-refractivity contribution >= 4 is 5.69 Å². The molecular weight excluding hydrogens is 268 g/mol. The fraction of sp³-hybridized carbons (Fsp3) is 0.250. The summed E-state index contributed by atoms with van der Waals surface area (Å²) in [5.74, 6) is 0.275. The minimum atomic E-state index is -0.421. The normalized spacial score (nSPS) is 15.5. The van der Waals surface area contributed by atoms with Crippen molar-refractivity contribution in [3.8, 4) is 5.75 Å². The lowest BCUT2D eigenvalue weighted by Gasteiger charge is -2.11. The van der Waals surface area contributed by atoms with E-state index < -0.39 is 4.92 Å². The third kappa shape index (κ3) is 2.87. The topological polar surface area (TPSA) is 78.4 Å². The third-order valence-electron chi connectivity index (χ3n) is 3.76. The van der Waals surface area contributed by atoms with Gasteiger partial charge in [0.25, 0.3) is 0 Å². The van der Waals surface area contributed by atoms with Gasteiger partial charge in [0.1, 0.15) is 6.61 Å².